The third kappa shape index (κ3) is 4.83. The molecule has 5 amide bonds. The van der Waals surface area contributed by atoms with Crippen molar-refractivity contribution in [2.75, 3.05) is 33.4 Å². The van der Waals surface area contributed by atoms with E-state index in [4.69, 9.17) is 4.74 Å². The molecule has 4 aliphatic rings. The third-order valence-electron chi connectivity index (χ3n) is 7.92. The molecule has 174 valence electrons. The molecule has 2 N–H and O–H groups in total. The van der Waals surface area contributed by atoms with E-state index in [0.717, 1.165) is 32.2 Å². The van der Waals surface area contributed by atoms with Gasteiger partial charge in [0.15, 0.2) is 0 Å². The summed E-state index contributed by atoms with van der Waals surface area (Å²) in [5, 5.41) is 6.18. The number of carbonyl (C=O) groups excluding carboxylic acids is 3. The van der Waals surface area contributed by atoms with Crippen molar-refractivity contribution in [3.05, 3.63) is 0 Å². The molecule has 2 aliphatic heterocycles. The Labute approximate surface area is 185 Å². The SMILES string of the molecule is CN1C(=O)N(CC2COC2)[C@@](C)(CC2CCC(NC(=O)NCC3CCCC3)CC2)C1=O. The van der Waals surface area contributed by atoms with Crippen LogP contribution in [0.1, 0.15) is 64.7 Å². The van der Waals surface area contributed by atoms with Gasteiger partial charge in [0.05, 0.1) is 13.2 Å². The molecule has 0 bridgehead atoms. The molecule has 0 aromatic carbocycles. The van der Waals surface area contributed by atoms with Crippen molar-refractivity contribution in [1.29, 1.82) is 0 Å². The van der Waals surface area contributed by atoms with Gasteiger partial charge in [0.1, 0.15) is 5.54 Å². The van der Waals surface area contributed by atoms with Crippen molar-refractivity contribution in [2.24, 2.45) is 17.8 Å². The standard InChI is InChI=1S/C23H38N4O4/c1-23(20(28)26(2)22(30)27(23)13-18-14-31-15-18)11-16-7-9-19(10-8-16)25-21(29)24-12-17-5-3-4-6-17/h16-19H,3-15H2,1-2H3,(H2,24,25,29)/t16?,19?,23-/m0/s1. The van der Waals surface area contributed by atoms with E-state index in [0.29, 0.717) is 43.9 Å². The van der Waals surface area contributed by atoms with Gasteiger partial charge in [0, 0.05) is 32.1 Å². The van der Waals surface area contributed by atoms with E-state index in [1.54, 1.807) is 11.9 Å². The summed E-state index contributed by atoms with van der Waals surface area (Å²) in [5.41, 5.74) is -0.773. The zero-order valence-corrected chi connectivity index (χ0v) is 19.0. The number of carbonyl (C=O) groups is 3. The number of urea groups is 2. The number of likely N-dealkylation sites (N-methyl/N-ethyl adjacent to an activating group) is 1. The zero-order chi connectivity index (χ0) is 22.0. The Balaban J connectivity index is 1.25. The minimum Gasteiger partial charge on any atom is -0.381 e. The van der Waals surface area contributed by atoms with Crippen LogP contribution in [0.4, 0.5) is 9.59 Å². The first-order valence-electron chi connectivity index (χ1n) is 12.1. The highest BCUT2D eigenvalue weighted by molar-refractivity contribution is 6.06. The average molecular weight is 435 g/mol. The van der Waals surface area contributed by atoms with Gasteiger partial charge < -0.3 is 20.3 Å². The number of amides is 5. The van der Waals surface area contributed by atoms with Crippen molar-refractivity contribution in [1.82, 2.24) is 20.4 Å². The number of nitrogens with zero attached hydrogens (tertiary/aromatic N) is 2. The first-order chi connectivity index (χ1) is 14.9. The van der Waals surface area contributed by atoms with Crippen molar-refractivity contribution in [3.63, 3.8) is 0 Å². The molecule has 2 saturated carbocycles. The predicted molar refractivity (Wildman–Crippen MR) is 116 cm³/mol. The van der Waals surface area contributed by atoms with E-state index in [-0.39, 0.29) is 24.0 Å². The number of ether oxygens (including phenoxy) is 1. The van der Waals surface area contributed by atoms with Crippen molar-refractivity contribution in [2.45, 2.75) is 76.3 Å². The smallest absolute Gasteiger partial charge is 0.327 e. The van der Waals surface area contributed by atoms with Gasteiger partial charge in [-0.05, 0) is 63.7 Å². The zero-order valence-electron chi connectivity index (χ0n) is 19.0. The maximum Gasteiger partial charge on any atom is 0.327 e. The van der Waals surface area contributed by atoms with Crippen LogP contribution in [0, 0.1) is 17.8 Å². The molecule has 8 nitrogen and oxygen atoms in total. The molecule has 4 rings (SSSR count). The summed E-state index contributed by atoms with van der Waals surface area (Å²) in [5.74, 6) is 1.25. The highest BCUT2D eigenvalue weighted by atomic mass is 16.5. The summed E-state index contributed by atoms with van der Waals surface area (Å²) in [6, 6.07) is -0.0393. The van der Waals surface area contributed by atoms with Gasteiger partial charge in [-0.2, -0.15) is 0 Å². The lowest BCUT2D eigenvalue weighted by Crippen LogP contribution is -2.52. The van der Waals surface area contributed by atoms with Gasteiger partial charge >= 0.3 is 12.1 Å². The lowest BCUT2D eigenvalue weighted by molar-refractivity contribution is -0.133. The Morgan fingerprint density at radius 3 is 2.32 bits per heavy atom. The van der Waals surface area contributed by atoms with Crippen molar-refractivity contribution < 1.29 is 19.1 Å². The molecule has 2 aliphatic carbocycles. The Kier molecular flexibility index (Phi) is 6.74. The molecule has 2 heterocycles. The Hall–Kier alpha value is -1.83. The largest absolute Gasteiger partial charge is 0.381 e. The maximum absolute atomic E-state index is 13.0. The first kappa shape index (κ1) is 22.4. The van der Waals surface area contributed by atoms with Crippen LogP contribution in [-0.2, 0) is 9.53 Å². The number of nitrogens with one attached hydrogen (secondary N) is 2. The van der Waals surface area contributed by atoms with Gasteiger partial charge in [-0.15, -0.1) is 0 Å². The molecule has 0 aromatic rings. The molecule has 31 heavy (non-hydrogen) atoms. The Morgan fingerprint density at radius 1 is 1.03 bits per heavy atom. The van der Waals surface area contributed by atoms with E-state index in [1.807, 2.05) is 6.92 Å². The minimum atomic E-state index is -0.773. The molecular formula is C23H38N4O4. The van der Waals surface area contributed by atoms with Gasteiger partial charge in [-0.1, -0.05) is 12.8 Å². The summed E-state index contributed by atoms with van der Waals surface area (Å²) in [6.45, 7) is 4.63. The molecule has 1 atom stereocenters. The summed E-state index contributed by atoms with van der Waals surface area (Å²) in [6.07, 6.45) is 9.49. The molecule has 0 radical (unpaired) electrons. The first-order valence-corrected chi connectivity index (χ1v) is 12.1. The summed E-state index contributed by atoms with van der Waals surface area (Å²) in [4.78, 5) is 41.0. The number of imide groups is 1. The van der Waals surface area contributed by atoms with Crippen LogP contribution in [-0.4, -0.2) is 72.7 Å². The molecule has 0 aromatic heterocycles. The Morgan fingerprint density at radius 2 is 1.71 bits per heavy atom. The fourth-order valence-corrected chi connectivity index (χ4v) is 5.84. The Bertz CT molecular complexity index is 683. The molecule has 2 saturated heterocycles. The van der Waals surface area contributed by atoms with Gasteiger partial charge in [0.25, 0.3) is 5.91 Å². The molecule has 8 heteroatoms. The van der Waals surface area contributed by atoms with Crippen LogP contribution in [0.2, 0.25) is 0 Å². The topological polar surface area (TPSA) is 91.0 Å². The monoisotopic (exact) mass is 434 g/mol. The van der Waals surface area contributed by atoms with Crippen LogP contribution in [0.25, 0.3) is 0 Å². The van der Waals surface area contributed by atoms with E-state index >= 15 is 0 Å². The summed E-state index contributed by atoms with van der Waals surface area (Å²) < 4.78 is 5.27. The fraction of sp³-hybridized carbons (Fsp3) is 0.870. The van der Waals surface area contributed by atoms with Gasteiger partial charge in [-0.25, -0.2) is 9.59 Å². The number of rotatable bonds is 7. The van der Waals surface area contributed by atoms with Crippen LogP contribution in [0.15, 0.2) is 0 Å². The lowest BCUT2D eigenvalue weighted by Gasteiger charge is -2.40. The second-order valence-electron chi connectivity index (χ2n) is 10.4. The lowest BCUT2D eigenvalue weighted by atomic mass is 9.77. The maximum atomic E-state index is 13.0. The van der Waals surface area contributed by atoms with Gasteiger partial charge in [-0.3, -0.25) is 9.69 Å². The van der Waals surface area contributed by atoms with E-state index in [9.17, 15) is 14.4 Å². The van der Waals surface area contributed by atoms with E-state index < -0.39 is 5.54 Å². The average Bonchev–Trinajstić information content (AvgIpc) is 3.29. The van der Waals surface area contributed by atoms with Gasteiger partial charge in [0.2, 0.25) is 0 Å². The fourth-order valence-electron chi connectivity index (χ4n) is 5.84. The molecule has 0 spiro atoms. The normalized spacial score (nSPS) is 32.5. The molecular weight excluding hydrogens is 396 g/mol. The molecule has 0 unspecified atom stereocenters. The predicted octanol–water partition coefficient (Wildman–Crippen LogP) is 2.72. The van der Waals surface area contributed by atoms with E-state index in [1.165, 1.54) is 30.6 Å². The van der Waals surface area contributed by atoms with Crippen molar-refractivity contribution in [3.8, 4) is 0 Å². The highest BCUT2D eigenvalue weighted by Gasteiger charge is 2.54. The molecule has 4 fully saturated rings. The summed E-state index contributed by atoms with van der Waals surface area (Å²) in [7, 11) is 1.59. The van der Waals surface area contributed by atoms with E-state index in [2.05, 4.69) is 10.6 Å². The number of hydrogen-bond donors (Lipinski definition) is 2. The summed E-state index contributed by atoms with van der Waals surface area (Å²) >= 11 is 0. The highest BCUT2D eigenvalue weighted by Crippen LogP contribution is 2.38. The van der Waals surface area contributed by atoms with Crippen LogP contribution in [0.5, 0.6) is 0 Å². The number of hydrogen-bond acceptors (Lipinski definition) is 4. The minimum absolute atomic E-state index is 0.0469. The second kappa shape index (κ2) is 9.35. The van der Waals surface area contributed by atoms with Crippen molar-refractivity contribution >= 4 is 18.0 Å². The van der Waals surface area contributed by atoms with Crippen LogP contribution >= 0.6 is 0 Å². The second-order valence-corrected chi connectivity index (χ2v) is 10.4. The van der Waals surface area contributed by atoms with Crippen LogP contribution in [0.3, 0.4) is 0 Å². The quantitative estimate of drug-likeness (QED) is 0.603. The third-order valence-corrected chi connectivity index (χ3v) is 7.92. The van der Waals surface area contributed by atoms with Crippen LogP contribution < -0.4 is 10.6 Å².